The van der Waals surface area contributed by atoms with E-state index in [1.165, 1.54) is 23.5 Å². The Kier molecular flexibility index (Phi) is 6.57. The van der Waals surface area contributed by atoms with E-state index >= 15 is 0 Å². The highest BCUT2D eigenvalue weighted by molar-refractivity contribution is 7.13. The molecule has 1 aliphatic rings. The largest absolute Gasteiger partial charge is 0.353 e. The number of benzene rings is 2. The molecule has 0 saturated carbocycles. The molecule has 0 bridgehead atoms. The molecule has 2 N–H and O–H groups in total. The lowest BCUT2D eigenvalue weighted by Crippen LogP contribution is -2.48. The smallest absolute Gasteiger partial charge is 0.321 e. The summed E-state index contributed by atoms with van der Waals surface area (Å²) in [5, 5.41) is 8.45. The van der Waals surface area contributed by atoms with E-state index in [2.05, 4.69) is 15.6 Å². The number of rotatable bonds is 5. The second-order valence-electron chi connectivity index (χ2n) is 7.46. The first-order chi connectivity index (χ1) is 15.1. The van der Waals surface area contributed by atoms with Crippen LogP contribution in [0.25, 0.3) is 10.6 Å². The number of carbonyl (C=O) groups is 2. The molecule has 0 atom stereocenters. The van der Waals surface area contributed by atoms with Crippen LogP contribution in [-0.4, -0.2) is 41.0 Å². The minimum Gasteiger partial charge on any atom is -0.353 e. The van der Waals surface area contributed by atoms with E-state index in [4.69, 9.17) is 0 Å². The number of hydrogen-bond acceptors (Lipinski definition) is 4. The van der Waals surface area contributed by atoms with Gasteiger partial charge in [0.05, 0.1) is 12.1 Å². The average molecular weight is 439 g/mol. The highest BCUT2D eigenvalue weighted by atomic mass is 32.1. The number of aromatic nitrogens is 1. The van der Waals surface area contributed by atoms with Gasteiger partial charge < -0.3 is 15.5 Å². The van der Waals surface area contributed by atoms with Gasteiger partial charge in [-0.1, -0.05) is 30.3 Å². The monoisotopic (exact) mass is 438 g/mol. The summed E-state index contributed by atoms with van der Waals surface area (Å²) in [6.07, 6.45) is 1.60. The molecule has 1 saturated heterocycles. The van der Waals surface area contributed by atoms with Crippen molar-refractivity contribution in [3.63, 3.8) is 0 Å². The third kappa shape index (κ3) is 5.67. The standard InChI is InChI=1S/C23H23FN4O2S/c24-17-6-4-5-16(13-17)22-26-20(15-31-22)14-21(29)25-19-9-11-28(12-10-19)23(30)27-18-7-2-1-3-8-18/h1-8,13,15,19H,9-12,14H2,(H,25,29)(H,27,30). The molecule has 1 aliphatic heterocycles. The van der Waals surface area contributed by atoms with Gasteiger partial charge in [0.1, 0.15) is 10.8 Å². The summed E-state index contributed by atoms with van der Waals surface area (Å²) in [6, 6.07) is 15.5. The van der Waals surface area contributed by atoms with Crippen molar-refractivity contribution >= 4 is 29.0 Å². The molecule has 4 rings (SSSR count). The number of halogens is 1. The third-order valence-electron chi connectivity index (χ3n) is 5.14. The Morgan fingerprint density at radius 2 is 1.87 bits per heavy atom. The summed E-state index contributed by atoms with van der Waals surface area (Å²) in [6.45, 7) is 1.17. The zero-order valence-electron chi connectivity index (χ0n) is 16.9. The minimum atomic E-state index is -0.309. The van der Waals surface area contributed by atoms with Gasteiger partial charge in [0, 0.05) is 35.8 Å². The van der Waals surface area contributed by atoms with Gasteiger partial charge >= 0.3 is 6.03 Å². The van der Waals surface area contributed by atoms with E-state index in [1.54, 1.807) is 17.0 Å². The second-order valence-corrected chi connectivity index (χ2v) is 8.31. The highest BCUT2D eigenvalue weighted by Gasteiger charge is 2.24. The SMILES string of the molecule is O=C(Cc1csc(-c2cccc(F)c2)n1)NC1CCN(C(=O)Nc2ccccc2)CC1. The average Bonchev–Trinajstić information content (AvgIpc) is 3.23. The van der Waals surface area contributed by atoms with Crippen LogP contribution in [-0.2, 0) is 11.2 Å². The molecule has 3 amide bonds. The maximum atomic E-state index is 13.4. The van der Waals surface area contributed by atoms with E-state index in [-0.39, 0.29) is 30.2 Å². The maximum Gasteiger partial charge on any atom is 0.321 e. The van der Waals surface area contributed by atoms with Crippen LogP contribution in [0, 0.1) is 5.82 Å². The summed E-state index contributed by atoms with van der Waals surface area (Å²) in [5.74, 6) is -0.404. The summed E-state index contributed by atoms with van der Waals surface area (Å²) in [4.78, 5) is 31.0. The Morgan fingerprint density at radius 1 is 1.10 bits per heavy atom. The zero-order valence-corrected chi connectivity index (χ0v) is 17.7. The van der Waals surface area contributed by atoms with E-state index in [0.717, 1.165) is 5.69 Å². The molecule has 3 aromatic rings. The fourth-order valence-corrected chi connectivity index (χ4v) is 4.35. The molecule has 8 heteroatoms. The topological polar surface area (TPSA) is 74.3 Å². The second kappa shape index (κ2) is 9.70. The number of anilines is 1. The van der Waals surface area contributed by atoms with Gasteiger partial charge in [-0.15, -0.1) is 11.3 Å². The molecule has 0 radical (unpaired) electrons. The number of thiazole rings is 1. The van der Waals surface area contributed by atoms with E-state index in [9.17, 15) is 14.0 Å². The van der Waals surface area contributed by atoms with Crippen LogP contribution in [0.1, 0.15) is 18.5 Å². The van der Waals surface area contributed by atoms with Crippen LogP contribution in [0.15, 0.2) is 60.0 Å². The third-order valence-corrected chi connectivity index (χ3v) is 6.08. The molecule has 2 aromatic carbocycles. The van der Waals surface area contributed by atoms with Crippen molar-refractivity contribution < 1.29 is 14.0 Å². The van der Waals surface area contributed by atoms with Gasteiger partial charge in [-0.05, 0) is 37.1 Å². The van der Waals surface area contributed by atoms with Gasteiger partial charge in [-0.3, -0.25) is 4.79 Å². The fourth-order valence-electron chi connectivity index (χ4n) is 3.54. The normalized spacial score (nSPS) is 14.3. The number of hydrogen-bond donors (Lipinski definition) is 2. The molecule has 6 nitrogen and oxygen atoms in total. The zero-order chi connectivity index (χ0) is 21.6. The van der Waals surface area contributed by atoms with Crippen LogP contribution in [0.5, 0.6) is 0 Å². The van der Waals surface area contributed by atoms with Gasteiger partial charge in [0.15, 0.2) is 0 Å². The molecule has 31 heavy (non-hydrogen) atoms. The first-order valence-electron chi connectivity index (χ1n) is 10.2. The first kappa shape index (κ1) is 21.0. The van der Waals surface area contributed by atoms with Gasteiger partial charge in [-0.2, -0.15) is 0 Å². The number of para-hydroxylation sites is 1. The molecule has 0 unspecified atom stereocenters. The summed E-state index contributed by atoms with van der Waals surface area (Å²) >= 11 is 1.39. The minimum absolute atomic E-state index is 0.0367. The van der Waals surface area contributed by atoms with E-state index < -0.39 is 0 Å². The molecule has 0 aliphatic carbocycles. The predicted octanol–water partition coefficient (Wildman–Crippen LogP) is 4.30. The Balaban J connectivity index is 1.24. The molecule has 160 valence electrons. The summed E-state index contributed by atoms with van der Waals surface area (Å²) in [5.41, 5.74) is 2.14. The van der Waals surface area contributed by atoms with Crippen LogP contribution in [0.3, 0.4) is 0 Å². The van der Waals surface area contributed by atoms with Crippen molar-refractivity contribution in [2.45, 2.75) is 25.3 Å². The van der Waals surface area contributed by atoms with Crippen molar-refractivity contribution in [3.8, 4) is 10.6 Å². The number of urea groups is 1. The van der Waals surface area contributed by atoms with Gasteiger partial charge in [0.2, 0.25) is 5.91 Å². The number of nitrogens with one attached hydrogen (secondary N) is 2. The summed E-state index contributed by atoms with van der Waals surface area (Å²) in [7, 11) is 0. The number of nitrogens with zero attached hydrogens (tertiary/aromatic N) is 2. The van der Waals surface area contributed by atoms with Crippen LogP contribution < -0.4 is 10.6 Å². The molecule has 2 heterocycles. The van der Waals surface area contributed by atoms with Crippen LogP contribution in [0.2, 0.25) is 0 Å². The van der Waals surface area contributed by atoms with Gasteiger partial charge in [0.25, 0.3) is 0 Å². The molecule has 1 fully saturated rings. The number of amides is 3. The lowest BCUT2D eigenvalue weighted by atomic mass is 10.1. The van der Waals surface area contributed by atoms with Crippen LogP contribution in [0.4, 0.5) is 14.9 Å². The maximum absolute atomic E-state index is 13.4. The Labute approximate surface area is 184 Å². The van der Waals surface area contributed by atoms with Crippen LogP contribution >= 0.6 is 11.3 Å². The fraction of sp³-hybridized carbons (Fsp3) is 0.261. The quantitative estimate of drug-likeness (QED) is 0.624. The lowest BCUT2D eigenvalue weighted by Gasteiger charge is -2.32. The molecular formula is C23H23FN4O2S. The highest BCUT2D eigenvalue weighted by Crippen LogP contribution is 2.24. The summed E-state index contributed by atoms with van der Waals surface area (Å²) < 4.78 is 13.4. The number of carbonyl (C=O) groups excluding carboxylic acids is 2. The van der Waals surface area contributed by atoms with E-state index in [1.807, 2.05) is 35.7 Å². The van der Waals surface area contributed by atoms with Crippen molar-refractivity contribution in [1.29, 1.82) is 0 Å². The molecular weight excluding hydrogens is 415 g/mol. The Hall–Kier alpha value is -3.26. The van der Waals surface area contributed by atoms with Crippen molar-refractivity contribution in [3.05, 3.63) is 71.5 Å². The van der Waals surface area contributed by atoms with E-state index in [0.29, 0.717) is 42.2 Å². The lowest BCUT2D eigenvalue weighted by molar-refractivity contribution is -0.121. The van der Waals surface area contributed by atoms with Gasteiger partial charge in [-0.25, -0.2) is 14.2 Å². The van der Waals surface area contributed by atoms with Crippen molar-refractivity contribution in [2.24, 2.45) is 0 Å². The molecule has 1 aromatic heterocycles. The number of likely N-dealkylation sites (tertiary alicyclic amines) is 1. The predicted molar refractivity (Wildman–Crippen MR) is 119 cm³/mol. The first-order valence-corrected chi connectivity index (χ1v) is 11.1. The number of piperidine rings is 1. The Bertz CT molecular complexity index is 1050. The Morgan fingerprint density at radius 3 is 2.61 bits per heavy atom. The van der Waals surface area contributed by atoms with Crippen molar-refractivity contribution in [2.75, 3.05) is 18.4 Å². The van der Waals surface area contributed by atoms with Crippen molar-refractivity contribution in [1.82, 2.24) is 15.2 Å². The molecule has 0 spiro atoms.